The third-order valence-electron chi connectivity index (χ3n) is 3.14. The number of likely N-dealkylation sites (tertiary alicyclic amines) is 1. The molecule has 1 aliphatic rings. The van der Waals surface area contributed by atoms with Crippen LogP contribution in [0.1, 0.15) is 33.6 Å². The summed E-state index contributed by atoms with van der Waals surface area (Å²) in [5, 5.41) is 0. The van der Waals surface area contributed by atoms with Crippen LogP contribution in [-0.2, 0) is 4.74 Å². The van der Waals surface area contributed by atoms with E-state index in [9.17, 15) is 13.6 Å². The van der Waals surface area contributed by atoms with E-state index in [1.165, 1.54) is 4.90 Å². The summed E-state index contributed by atoms with van der Waals surface area (Å²) in [7, 11) is 0. The Labute approximate surface area is 106 Å². The lowest BCUT2D eigenvalue weighted by atomic mass is 9.84. The topological polar surface area (TPSA) is 55.6 Å². The minimum atomic E-state index is -2.46. The zero-order valence-electron chi connectivity index (χ0n) is 11.2. The first-order chi connectivity index (χ1) is 8.20. The van der Waals surface area contributed by atoms with Gasteiger partial charge in [-0.05, 0) is 40.2 Å². The highest BCUT2D eigenvalue weighted by Gasteiger charge is 2.47. The van der Waals surface area contributed by atoms with E-state index in [-0.39, 0.29) is 25.9 Å². The number of nitrogens with zero attached hydrogens (tertiary/aromatic N) is 1. The third-order valence-corrected chi connectivity index (χ3v) is 3.14. The lowest BCUT2D eigenvalue weighted by Gasteiger charge is -2.29. The van der Waals surface area contributed by atoms with Gasteiger partial charge in [-0.3, -0.25) is 0 Å². The van der Waals surface area contributed by atoms with Gasteiger partial charge in [0.25, 0.3) is 0 Å². The summed E-state index contributed by atoms with van der Waals surface area (Å²) >= 11 is 0. The van der Waals surface area contributed by atoms with Gasteiger partial charge in [0.2, 0.25) is 6.43 Å². The molecule has 1 unspecified atom stereocenters. The van der Waals surface area contributed by atoms with Gasteiger partial charge in [0.1, 0.15) is 5.60 Å². The van der Waals surface area contributed by atoms with Gasteiger partial charge in [0.05, 0.1) is 5.41 Å². The molecule has 1 heterocycles. The predicted octanol–water partition coefficient (Wildman–Crippen LogP) is 2.23. The number of carbonyl (C=O) groups excluding carboxylic acids is 1. The minimum absolute atomic E-state index is 0.0246. The Morgan fingerprint density at radius 1 is 1.50 bits per heavy atom. The smallest absolute Gasteiger partial charge is 0.410 e. The molecule has 1 amide bonds. The number of alkyl halides is 2. The van der Waals surface area contributed by atoms with Crippen molar-refractivity contribution in [1.82, 2.24) is 4.90 Å². The molecule has 0 aliphatic carbocycles. The maximum absolute atomic E-state index is 13.1. The van der Waals surface area contributed by atoms with Gasteiger partial charge in [-0.1, -0.05) is 0 Å². The fourth-order valence-electron chi connectivity index (χ4n) is 2.16. The van der Waals surface area contributed by atoms with Gasteiger partial charge in [-0.2, -0.15) is 0 Å². The highest BCUT2D eigenvalue weighted by atomic mass is 19.3. The van der Waals surface area contributed by atoms with Crippen molar-refractivity contribution in [2.75, 3.05) is 19.6 Å². The molecule has 1 aliphatic heterocycles. The average Bonchev–Trinajstić information content (AvgIpc) is 2.61. The molecule has 0 spiro atoms. The summed E-state index contributed by atoms with van der Waals surface area (Å²) in [5.41, 5.74) is 3.62. The van der Waals surface area contributed by atoms with Crippen LogP contribution < -0.4 is 5.73 Å². The molecule has 0 bridgehead atoms. The molecule has 0 aromatic carbocycles. The van der Waals surface area contributed by atoms with E-state index < -0.39 is 23.5 Å². The van der Waals surface area contributed by atoms with Gasteiger partial charge < -0.3 is 15.4 Å². The second-order valence-electron chi connectivity index (χ2n) is 5.85. The zero-order valence-corrected chi connectivity index (χ0v) is 11.2. The maximum atomic E-state index is 13.1. The monoisotopic (exact) mass is 264 g/mol. The van der Waals surface area contributed by atoms with E-state index in [1.54, 1.807) is 20.8 Å². The third kappa shape index (κ3) is 3.54. The van der Waals surface area contributed by atoms with Crippen molar-refractivity contribution in [3.8, 4) is 0 Å². The second-order valence-corrected chi connectivity index (χ2v) is 5.85. The van der Waals surface area contributed by atoms with Crippen molar-refractivity contribution in [2.45, 2.75) is 45.6 Å². The maximum Gasteiger partial charge on any atom is 0.410 e. The van der Waals surface area contributed by atoms with Gasteiger partial charge in [0.15, 0.2) is 0 Å². The molecule has 0 aromatic rings. The first-order valence-electron chi connectivity index (χ1n) is 6.16. The van der Waals surface area contributed by atoms with Crippen LogP contribution >= 0.6 is 0 Å². The van der Waals surface area contributed by atoms with Crippen LogP contribution in [0.15, 0.2) is 0 Å². The molecular formula is C12H22F2N2O2. The standard InChI is InChI=1S/C12H22F2N2O2/c1-11(2,3)18-10(17)16-7-5-12(8-16,4-6-15)9(13)14/h9H,4-8,15H2,1-3H3. The summed E-state index contributed by atoms with van der Waals surface area (Å²) in [6.07, 6.45) is -2.49. The van der Waals surface area contributed by atoms with E-state index in [2.05, 4.69) is 0 Å². The Balaban J connectivity index is 2.66. The van der Waals surface area contributed by atoms with Crippen molar-refractivity contribution in [1.29, 1.82) is 0 Å². The minimum Gasteiger partial charge on any atom is -0.444 e. The predicted molar refractivity (Wildman–Crippen MR) is 64.5 cm³/mol. The van der Waals surface area contributed by atoms with Crippen LogP contribution in [0.25, 0.3) is 0 Å². The summed E-state index contributed by atoms with van der Waals surface area (Å²) in [6, 6.07) is 0. The molecule has 4 nitrogen and oxygen atoms in total. The van der Waals surface area contributed by atoms with Crippen molar-refractivity contribution in [3.63, 3.8) is 0 Å². The molecule has 106 valence electrons. The molecule has 0 aromatic heterocycles. The summed E-state index contributed by atoms with van der Waals surface area (Å²) in [4.78, 5) is 13.2. The van der Waals surface area contributed by atoms with E-state index in [1.807, 2.05) is 0 Å². The lowest BCUT2D eigenvalue weighted by molar-refractivity contribution is -0.00926. The Bertz CT molecular complexity index is 305. The van der Waals surface area contributed by atoms with Crippen molar-refractivity contribution in [2.24, 2.45) is 11.1 Å². The fourth-order valence-corrected chi connectivity index (χ4v) is 2.16. The SMILES string of the molecule is CC(C)(C)OC(=O)N1CCC(CCN)(C(F)F)C1. The van der Waals surface area contributed by atoms with Crippen LogP contribution in [-0.4, -0.2) is 42.7 Å². The Morgan fingerprint density at radius 2 is 2.11 bits per heavy atom. The van der Waals surface area contributed by atoms with Gasteiger partial charge >= 0.3 is 6.09 Å². The second kappa shape index (κ2) is 5.38. The molecule has 0 radical (unpaired) electrons. The number of hydrogen-bond acceptors (Lipinski definition) is 3. The number of amides is 1. The molecule has 6 heteroatoms. The summed E-state index contributed by atoms with van der Waals surface area (Å²) < 4.78 is 31.4. The largest absolute Gasteiger partial charge is 0.444 e. The Hall–Kier alpha value is -0.910. The quantitative estimate of drug-likeness (QED) is 0.850. The molecule has 1 saturated heterocycles. The Kier molecular flexibility index (Phi) is 4.53. The number of carbonyl (C=O) groups is 1. The molecule has 0 saturated carbocycles. The van der Waals surface area contributed by atoms with Crippen molar-refractivity contribution < 1.29 is 18.3 Å². The molecule has 18 heavy (non-hydrogen) atoms. The number of rotatable bonds is 3. The zero-order chi connectivity index (χ0) is 14.0. The number of ether oxygens (including phenoxy) is 1. The molecule has 1 rings (SSSR count). The van der Waals surface area contributed by atoms with E-state index in [0.717, 1.165) is 0 Å². The highest BCUT2D eigenvalue weighted by Crippen LogP contribution is 2.39. The fraction of sp³-hybridized carbons (Fsp3) is 0.917. The molecular weight excluding hydrogens is 242 g/mol. The van der Waals surface area contributed by atoms with E-state index >= 15 is 0 Å². The van der Waals surface area contributed by atoms with Crippen LogP contribution in [0.4, 0.5) is 13.6 Å². The normalized spacial score (nSPS) is 24.7. The summed E-state index contributed by atoms with van der Waals surface area (Å²) in [5.74, 6) is 0. The first kappa shape index (κ1) is 15.1. The summed E-state index contributed by atoms with van der Waals surface area (Å²) in [6.45, 7) is 5.78. The average molecular weight is 264 g/mol. The van der Waals surface area contributed by atoms with Crippen LogP contribution in [0.5, 0.6) is 0 Å². The highest BCUT2D eigenvalue weighted by molar-refractivity contribution is 5.68. The van der Waals surface area contributed by atoms with Crippen molar-refractivity contribution >= 4 is 6.09 Å². The number of halogens is 2. The lowest BCUT2D eigenvalue weighted by Crippen LogP contribution is -2.39. The Morgan fingerprint density at radius 3 is 2.56 bits per heavy atom. The molecule has 2 N–H and O–H groups in total. The van der Waals surface area contributed by atoms with Gasteiger partial charge in [0, 0.05) is 13.1 Å². The van der Waals surface area contributed by atoms with Crippen LogP contribution in [0, 0.1) is 5.41 Å². The number of nitrogens with two attached hydrogens (primary N) is 1. The van der Waals surface area contributed by atoms with Crippen LogP contribution in [0.3, 0.4) is 0 Å². The number of hydrogen-bond donors (Lipinski definition) is 1. The van der Waals surface area contributed by atoms with E-state index in [0.29, 0.717) is 6.54 Å². The van der Waals surface area contributed by atoms with Crippen molar-refractivity contribution in [3.05, 3.63) is 0 Å². The van der Waals surface area contributed by atoms with Gasteiger partial charge in [-0.25, -0.2) is 13.6 Å². The molecule has 1 fully saturated rings. The van der Waals surface area contributed by atoms with Gasteiger partial charge in [-0.15, -0.1) is 0 Å². The van der Waals surface area contributed by atoms with E-state index in [4.69, 9.17) is 10.5 Å². The molecule has 1 atom stereocenters. The van der Waals surface area contributed by atoms with Crippen LogP contribution in [0.2, 0.25) is 0 Å². The first-order valence-corrected chi connectivity index (χ1v) is 6.16.